The van der Waals surface area contributed by atoms with Gasteiger partial charge in [-0.3, -0.25) is 4.90 Å². The number of carbonyl (C=O) groups excluding carboxylic acids is 1. The number of nitrogens with zero attached hydrogens (tertiary/aromatic N) is 2. The Bertz CT molecular complexity index is 387. The van der Waals surface area contributed by atoms with Crippen LogP contribution in [0.5, 0.6) is 0 Å². The van der Waals surface area contributed by atoms with Crippen molar-refractivity contribution in [3.63, 3.8) is 0 Å². The summed E-state index contributed by atoms with van der Waals surface area (Å²) in [6.07, 6.45) is 3.64. The standard InChI is InChI=1S/C16H29N3O2/c1-16(2,3)21-15(20)19-11-13-7-14(19)10-18(13)9-12-5-4-6-17-8-12/h12-14,17H,4-11H2,1-3H3. The lowest BCUT2D eigenvalue weighted by Crippen LogP contribution is -2.51. The summed E-state index contributed by atoms with van der Waals surface area (Å²) in [6, 6.07) is 0.908. The van der Waals surface area contributed by atoms with E-state index in [-0.39, 0.29) is 6.09 Å². The summed E-state index contributed by atoms with van der Waals surface area (Å²) in [6.45, 7) is 11.2. The molecule has 3 atom stereocenters. The molecule has 1 amide bonds. The Labute approximate surface area is 128 Å². The molecule has 5 nitrogen and oxygen atoms in total. The number of ether oxygens (including phenoxy) is 1. The summed E-state index contributed by atoms with van der Waals surface area (Å²) in [5, 5.41) is 3.49. The minimum Gasteiger partial charge on any atom is -0.444 e. The van der Waals surface area contributed by atoms with Crippen LogP contribution in [-0.2, 0) is 4.74 Å². The van der Waals surface area contributed by atoms with E-state index in [2.05, 4.69) is 10.2 Å². The van der Waals surface area contributed by atoms with Gasteiger partial charge < -0.3 is 15.0 Å². The van der Waals surface area contributed by atoms with Gasteiger partial charge in [-0.25, -0.2) is 4.79 Å². The van der Waals surface area contributed by atoms with Crippen molar-refractivity contribution < 1.29 is 9.53 Å². The largest absolute Gasteiger partial charge is 0.444 e. The Morgan fingerprint density at radius 3 is 2.67 bits per heavy atom. The zero-order valence-electron chi connectivity index (χ0n) is 13.6. The van der Waals surface area contributed by atoms with Gasteiger partial charge in [-0.05, 0) is 59.0 Å². The Hall–Kier alpha value is -0.810. The van der Waals surface area contributed by atoms with E-state index in [1.807, 2.05) is 25.7 Å². The second-order valence-electron chi connectivity index (χ2n) is 7.84. The number of hydrogen-bond acceptors (Lipinski definition) is 4. The normalized spacial score (nSPS) is 33.5. The van der Waals surface area contributed by atoms with Gasteiger partial charge in [0.1, 0.15) is 5.60 Å². The number of likely N-dealkylation sites (tertiary alicyclic amines) is 2. The number of piperazine rings is 1. The third kappa shape index (κ3) is 3.51. The second kappa shape index (κ2) is 5.76. The highest BCUT2D eigenvalue weighted by Crippen LogP contribution is 2.32. The molecule has 3 fully saturated rings. The SMILES string of the molecule is CC(C)(C)OC(=O)N1CC2CC1CN2CC1CCCNC1. The van der Waals surface area contributed by atoms with E-state index in [1.54, 1.807) is 0 Å². The van der Waals surface area contributed by atoms with Crippen molar-refractivity contribution in [3.05, 3.63) is 0 Å². The van der Waals surface area contributed by atoms with Crippen molar-refractivity contribution >= 4 is 6.09 Å². The number of hydrogen-bond donors (Lipinski definition) is 1. The average molecular weight is 295 g/mol. The first kappa shape index (κ1) is 15.1. The minimum absolute atomic E-state index is 0.131. The van der Waals surface area contributed by atoms with Crippen molar-refractivity contribution in [2.75, 3.05) is 32.7 Å². The maximum Gasteiger partial charge on any atom is 0.410 e. The Morgan fingerprint density at radius 2 is 2.10 bits per heavy atom. The van der Waals surface area contributed by atoms with Gasteiger partial charge >= 0.3 is 6.09 Å². The highest BCUT2D eigenvalue weighted by atomic mass is 16.6. The lowest BCUT2D eigenvalue weighted by atomic mass is 9.99. The topological polar surface area (TPSA) is 44.8 Å². The molecular weight excluding hydrogens is 266 g/mol. The molecule has 1 N–H and O–H groups in total. The summed E-state index contributed by atoms with van der Waals surface area (Å²) in [5.74, 6) is 0.785. The molecule has 0 aliphatic carbocycles. The number of rotatable bonds is 2. The summed E-state index contributed by atoms with van der Waals surface area (Å²) >= 11 is 0. The quantitative estimate of drug-likeness (QED) is 0.842. The van der Waals surface area contributed by atoms with Gasteiger partial charge in [0.15, 0.2) is 0 Å². The van der Waals surface area contributed by atoms with Crippen LogP contribution in [0.25, 0.3) is 0 Å². The molecule has 3 rings (SSSR count). The van der Waals surface area contributed by atoms with Gasteiger partial charge in [0.2, 0.25) is 0 Å². The van der Waals surface area contributed by atoms with E-state index >= 15 is 0 Å². The zero-order valence-corrected chi connectivity index (χ0v) is 13.6. The van der Waals surface area contributed by atoms with Crippen LogP contribution in [0, 0.1) is 5.92 Å². The minimum atomic E-state index is -0.396. The maximum absolute atomic E-state index is 12.2. The van der Waals surface area contributed by atoms with Crippen molar-refractivity contribution in [2.24, 2.45) is 5.92 Å². The first-order valence-electron chi connectivity index (χ1n) is 8.37. The smallest absolute Gasteiger partial charge is 0.410 e. The maximum atomic E-state index is 12.2. The van der Waals surface area contributed by atoms with Crippen LogP contribution in [0.4, 0.5) is 4.79 Å². The summed E-state index contributed by atoms with van der Waals surface area (Å²) in [7, 11) is 0. The highest BCUT2D eigenvalue weighted by molar-refractivity contribution is 5.69. The predicted octanol–water partition coefficient (Wildman–Crippen LogP) is 1.68. The van der Waals surface area contributed by atoms with Gasteiger partial charge in [0, 0.05) is 31.7 Å². The van der Waals surface area contributed by atoms with Crippen LogP contribution in [-0.4, -0.2) is 66.3 Å². The molecule has 21 heavy (non-hydrogen) atoms. The third-order valence-electron chi connectivity index (χ3n) is 4.87. The van der Waals surface area contributed by atoms with Gasteiger partial charge in [-0.1, -0.05) is 0 Å². The molecule has 0 aromatic heterocycles. The average Bonchev–Trinajstić information content (AvgIpc) is 2.97. The lowest BCUT2D eigenvalue weighted by molar-refractivity contribution is 0.0116. The molecule has 0 aromatic carbocycles. The van der Waals surface area contributed by atoms with Crippen LogP contribution in [0.15, 0.2) is 0 Å². The highest BCUT2D eigenvalue weighted by Gasteiger charge is 2.46. The first-order chi connectivity index (χ1) is 9.92. The molecule has 0 spiro atoms. The van der Waals surface area contributed by atoms with Crippen LogP contribution in [0.1, 0.15) is 40.0 Å². The van der Waals surface area contributed by atoms with Crippen molar-refractivity contribution in [1.82, 2.24) is 15.1 Å². The molecule has 5 heteroatoms. The summed E-state index contributed by atoms with van der Waals surface area (Å²) in [5.41, 5.74) is -0.396. The predicted molar refractivity (Wildman–Crippen MR) is 82.3 cm³/mol. The van der Waals surface area contributed by atoms with Gasteiger partial charge in [0.25, 0.3) is 0 Å². The van der Waals surface area contributed by atoms with Crippen molar-refractivity contribution in [1.29, 1.82) is 0 Å². The first-order valence-corrected chi connectivity index (χ1v) is 8.37. The molecule has 0 radical (unpaired) electrons. The van der Waals surface area contributed by atoms with Gasteiger partial charge in [-0.2, -0.15) is 0 Å². The molecule has 3 saturated heterocycles. The van der Waals surface area contributed by atoms with E-state index in [1.165, 1.54) is 25.9 Å². The number of fused-ring (bicyclic) bond motifs is 2. The lowest BCUT2D eigenvalue weighted by Gasteiger charge is -2.37. The van der Waals surface area contributed by atoms with E-state index in [0.717, 1.165) is 32.0 Å². The van der Waals surface area contributed by atoms with Crippen molar-refractivity contribution in [2.45, 2.75) is 57.7 Å². The Balaban J connectivity index is 1.50. The number of piperidine rings is 1. The zero-order chi connectivity index (χ0) is 15.0. The van der Waals surface area contributed by atoms with Gasteiger partial charge in [-0.15, -0.1) is 0 Å². The molecular formula is C16H29N3O2. The van der Waals surface area contributed by atoms with E-state index in [0.29, 0.717) is 12.1 Å². The molecule has 3 heterocycles. The molecule has 3 unspecified atom stereocenters. The molecule has 2 bridgehead atoms. The van der Waals surface area contributed by atoms with Crippen LogP contribution >= 0.6 is 0 Å². The molecule has 3 aliphatic rings. The van der Waals surface area contributed by atoms with Crippen LogP contribution in [0.2, 0.25) is 0 Å². The fraction of sp³-hybridized carbons (Fsp3) is 0.938. The summed E-state index contributed by atoms with van der Waals surface area (Å²) < 4.78 is 5.52. The van der Waals surface area contributed by atoms with E-state index in [4.69, 9.17) is 4.74 Å². The van der Waals surface area contributed by atoms with Crippen LogP contribution in [0.3, 0.4) is 0 Å². The molecule has 0 aromatic rings. The fourth-order valence-electron chi connectivity index (χ4n) is 3.93. The second-order valence-corrected chi connectivity index (χ2v) is 7.84. The fourth-order valence-corrected chi connectivity index (χ4v) is 3.93. The third-order valence-corrected chi connectivity index (χ3v) is 4.87. The summed E-state index contributed by atoms with van der Waals surface area (Å²) in [4.78, 5) is 16.8. The molecule has 0 saturated carbocycles. The van der Waals surface area contributed by atoms with E-state index < -0.39 is 5.60 Å². The number of amides is 1. The molecule has 120 valence electrons. The monoisotopic (exact) mass is 295 g/mol. The Kier molecular flexibility index (Phi) is 4.14. The van der Waals surface area contributed by atoms with E-state index in [9.17, 15) is 4.79 Å². The number of carbonyl (C=O) groups is 1. The molecule has 3 aliphatic heterocycles. The number of nitrogens with one attached hydrogen (secondary N) is 1. The van der Waals surface area contributed by atoms with Crippen molar-refractivity contribution in [3.8, 4) is 0 Å². The van der Waals surface area contributed by atoms with Crippen LogP contribution < -0.4 is 5.32 Å². The Morgan fingerprint density at radius 1 is 1.29 bits per heavy atom. The van der Waals surface area contributed by atoms with Gasteiger partial charge in [0.05, 0.1) is 0 Å².